The second kappa shape index (κ2) is 8.03. The van der Waals surface area contributed by atoms with Gasteiger partial charge in [-0.25, -0.2) is 0 Å². The molecule has 0 radical (unpaired) electrons. The van der Waals surface area contributed by atoms with E-state index in [9.17, 15) is 4.79 Å². The first-order valence-electron chi connectivity index (χ1n) is 11.5. The van der Waals surface area contributed by atoms with Gasteiger partial charge >= 0.3 is 0 Å². The number of hydrogen-bond donors (Lipinski definition) is 1. The number of fused-ring (bicyclic) bond motifs is 2. The molecule has 2 aliphatic heterocycles. The monoisotopic (exact) mass is 400 g/mol. The number of piperidine rings is 1. The van der Waals surface area contributed by atoms with E-state index in [2.05, 4.69) is 83.9 Å². The quantitative estimate of drug-likeness (QED) is 0.762. The van der Waals surface area contributed by atoms with E-state index in [4.69, 9.17) is 0 Å². The van der Waals surface area contributed by atoms with E-state index in [0.29, 0.717) is 11.8 Å². The number of amides is 1. The molecule has 0 spiro atoms. The molecule has 3 nitrogen and oxygen atoms in total. The lowest BCUT2D eigenvalue weighted by molar-refractivity contribution is -0.128. The van der Waals surface area contributed by atoms with Crippen molar-refractivity contribution in [3.63, 3.8) is 0 Å². The van der Waals surface area contributed by atoms with E-state index in [1.807, 2.05) is 0 Å². The molecule has 0 saturated carbocycles. The van der Waals surface area contributed by atoms with Crippen molar-refractivity contribution in [2.45, 2.75) is 44.6 Å². The smallest absolute Gasteiger partial charge is 0.237 e. The fourth-order valence-corrected chi connectivity index (χ4v) is 6.04. The maximum atomic E-state index is 12.5. The first-order chi connectivity index (χ1) is 14.7. The molecule has 30 heavy (non-hydrogen) atoms. The summed E-state index contributed by atoms with van der Waals surface area (Å²) in [5, 5.41) is 5.77. The van der Waals surface area contributed by atoms with E-state index in [1.165, 1.54) is 22.8 Å². The van der Waals surface area contributed by atoms with Crippen molar-refractivity contribution < 1.29 is 4.79 Å². The van der Waals surface area contributed by atoms with Crippen LogP contribution in [0.3, 0.4) is 0 Å². The Labute approximate surface area is 179 Å². The van der Waals surface area contributed by atoms with E-state index in [-0.39, 0.29) is 17.4 Å². The molecular formula is C27H32N2O. The van der Waals surface area contributed by atoms with E-state index >= 15 is 0 Å². The molecule has 4 atom stereocenters. The number of allylic oxidation sites excluding steroid dienone is 4. The van der Waals surface area contributed by atoms with Crippen molar-refractivity contribution in [2.24, 2.45) is 11.3 Å². The van der Waals surface area contributed by atoms with Crippen LogP contribution in [0.5, 0.6) is 0 Å². The lowest BCUT2D eigenvalue weighted by Crippen LogP contribution is -2.51. The van der Waals surface area contributed by atoms with E-state index in [0.717, 1.165) is 38.9 Å². The molecule has 3 heteroatoms. The number of hydrogen-bond acceptors (Lipinski definition) is 2. The fraction of sp³-hybridized carbons (Fsp3) is 0.444. The summed E-state index contributed by atoms with van der Waals surface area (Å²) in [5.41, 5.74) is 1.52. The SMILES string of the molecule is CC(c1cccc2ccccc12)C1(CCN2CCC3CCNC(=O)C32)C=CC=CC1. The van der Waals surface area contributed by atoms with Crippen LogP contribution in [0.4, 0.5) is 0 Å². The zero-order valence-corrected chi connectivity index (χ0v) is 17.9. The Morgan fingerprint density at radius 2 is 2.00 bits per heavy atom. The van der Waals surface area contributed by atoms with Gasteiger partial charge in [0.05, 0.1) is 6.04 Å². The van der Waals surface area contributed by atoms with Crippen LogP contribution in [-0.2, 0) is 4.79 Å². The molecule has 1 amide bonds. The third-order valence-corrected chi connectivity index (χ3v) is 7.90. The molecule has 5 rings (SSSR count). The molecule has 2 aromatic carbocycles. The van der Waals surface area contributed by atoms with Crippen LogP contribution in [0.15, 0.2) is 66.8 Å². The number of benzene rings is 2. The average molecular weight is 401 g/mol. The third-order valence-electron chi connectivity index (χ3n) is 7.90. The Morgan fingerprint density at radius 3 is 2.87 bits per heavy atom. The molecular weight excluding hydrogens is 368 g/mol. The van der Waals surface area contributed by atoms with Gasteiger partial charge in [0.25, 0.3) is 0 Å². The van der Waals surface area contributed by atoms with Crippen LogP contribution in [-0.4, -0.2) is 36.5 Å². The third kappa shape index (κ3) is 3.39. The Morgan fingerprint density at radius 1 is 1.13 bits per heavy atom. The molecule has 156 valence electrons. The van der Waals surface area contributed by atoms with Gasteiger partial charge in [0.2, 0.25) is 5.91 Å². The van der Waals surface area contributed by atoms with Crippen LogP contribution in [0, 0.1) is 11.3 Å². The summed E-state index contributed by atoms with van der Waals surface area (Å²) < 4.78 is 0. The van der Waals surface area contributed by atoms with Gasteiger partial charge in [-0.3, -0.25) is 9.69 Å². The lowest BCUT2D eigenvalue weighted by atomic mass is 9.66. The standard InChI is InChI=1S/C27H32N2O/c1-20(23-11-7-9-21-8-3-4-10-24(21)23)27(14-5-2-6-15-27)16-19-29-18-13-22-12-17-28-26(30)25(22)29/h2-11,14,20,22,25H,12-13,15-19H2,1H3,(H,28,30). The molecule has 0 bridgehead atoms. The van der Waals surface area contributed by atoms with Crippen LogP contribution in [0.25, 0.3) is 10.8 Å². The second-order valence-corrected chi connectivity index (χ2v) is 9.37. The lowest BCUT2D eigenvalue weighted by Gasteiger charge is -2.40. The van der Waals surface area contributed by atoms with E-state index in [1.54, 1.807) is 0 Å². The molecule has 3 aliphatic rings. The number of carbonyl (C=O) groups is 1. The zero-order valence-electron chi connectivity index (χ0n) is 17.9. The molecule has 2 fully saturated rings. The maximum Gasteiger partial charge on any atom is 0.237 e. The highest BCUT2D eigenvalue weighted by Crippen LogP contribution is 2.47. The molecule has 1 aliphatic carbocycles. The van der Waals surface area contributed by atoms with Gasteiger partial charge < -0.3 is 5.32 Å². The van der Waals surface area contributed by atoms with Crippen molar-refractivity contribution in [1.82, 2.24) is 10.2 Å². The average Bonchev–Trinajstić information content (AvgIpc) is 3.22. The van der Waals surface area contributed by atoms with Gasteiger partial charge in [-0.15, -0.1) is 0 Å². The summed E-state index contributed by atoms with van der Waals surface area (Å²) in [6.45, 7) is 5.29. The Bertz CT molecular complexity index is 988. The van der Waals surface area contributed by atoms with Crippen molar-refractivity contribution in [3.8, 4) is 0 Å². The fourth-order valence-electron chi connectivity index (χ4n) is 6.04. The highest BCUT2D eigenvalue weighted by Gasteiger charge is 2.43. The van der Waals surface area contributed by atoms with Crippen molar-refractivity contribution in [3.05, 3.63) is 72.3 Å². The minimum atomic E-state index is 0.0854. The molecule has 2 saturated heterocycles. The summed E-state index contributed by atoms with van der Waals surface area (Å²) >= 11 is 0. The Hall–Kier alpha value is -2.39. The first-order valence-corrected chi connectivity index (χ1v) is 11.5. The molecule has 1 N–H and O–H groups in total. The van der Waals surface area contributed by atoms with Crippen LogP contribution >= 0.6 is 0 Å². The molecule has 4 unspecified atom stereocenters. The van der Waals surface area contributed by atoms with Crippen molar-refractivity contribution in [2.75, 3.05) is 19.6 Å². The highest BCUT2D eigenvalue weighted by atomic mass is 16.2. The summed E-state index contributed by atoms with van der Waals surface area (Å²) in [5.74, 6) is 1.20. The second-order valence-electron chi connectivity index (χ2n) is 9.37. The van der Waals surface area contributed by atoms with E-state index < -0.39 is 0 Å². The molecule has 2 aromatic rings. The minimum absolute atomic E-state index is 0.0854. The topological polar surface area (TPSA) is 32.3 Å². The Kier molecular flexibility index (Phi) is 5.24. The van der Waals surface area contributed by atoms with Crippen LogP contribution in [0.2, 0.25) is 0 Å². The predicted molar refractivity (Wildman–Crippen MR) is 123 cm³/mol. The van der Waals surface area contributed by atoms with Gasteiger partial charge in [-0.2, -0.15) is 0 Å². The number of carbonyl (C=O) groups excluding carboxylic acids is 1. The van der Waals surface area contributed by atoms with Gasteiger partial charge in [-0.05, 0) is 72.4 Å². The summed E-state index contributed by atoms with van der Waals surface area (Å²) in [7, 11) is 0. The number of rotatable bonds is 5. The van der Waals surface area contributed by atoms with Crippen molar-refractivity contribution >= 4 is 16.7 Å². The van der Waals surface area contributed by atoms with Gasteiger partial charge in [0.1, 0.15) is 0 Å². The number of nitrogens with one attached hydrogen (secondary N) is 1. The maximum absolute atomic E-state index is 12.5. The zero-order chi connectivity index (χ0) is 20.6. The summed E-state index contributed by atoms with van der Waals surface area (Å²) in [4.78, 5) is 15.0. The van der Waals surface area contributed by atoms with Gasteiger partial charge in [0.15, 0.2) is 0 Å². The van der Waals surface area contributed by atoms with Gasteiger partial charge in [0, 0.05) is 6.54 Å². The number of nitrogens with zero attached hydrogens (tertiary/aromatic N) is 1. The highest BCUT2D eigenvalue weighted by molar-refractivity contribution is 5.86. The largest absolute Gasteiger partial charge is 0.355 e. The molecule has 0 aromatic heterocycles. The first kappa shape index (κ1) is 19.6. The number of likely N-dealkylation sites (tertiary alicyclic amines) is 1. The predicted octanol–water partition coefficient (Wildman–Crippen LogP) is 5.05. The van der Waals surface area contributed by atoms with Gasteiger partial charge in [-0.1, -0.05) is 73.7 Å². The normalized spacial score (nSPS) is 29.7. The molecule has 2 heterocycles. The summed E-state index contributed by atoms with van der Waals surface area (Å²) in [6, 6.07) is 15.5. The minimum Gasteiger partial charge on any atom is -0.355 e. The summed E-state index contributed by atoms with van der Waals surface area (Å²) in [6.07, 6.45) is 13.6. The van der Waals surface area contributed by atoms with Crippen LogP contribution < -0.4 is 5.32 Å². The Balaban J connectivity index is 1.42. The van der Waals surface area contributed by atoms with Crippen molar-refractivity contribution in [1.29, 1.82) is 0 Å². The van der Waals surface area contributed by atoms with Crippen LogP contribution in [0.1, 0.15) is 44.1 Å².